The van der Waals surface area contributed by atoms with Gasteiger partial charge in [0.2, 0.25) is 0 Å². The maximum atomic E-state index is 12.6. The first-order chi connectivity index (χ1) is 12.0. The first-order valence-corrected chi connectivity index (χ1v) is 9.22. The largest absolute Gasteiger partial charge is 0.490 e. The van der Waals surface area contributed by atoms with Crippen LogP contribution < -0.4 is 19.5 Å². The van der Waals surface area contributed by atoms with Gasteiger partial charge >= 0.3 is 0 Å². The van der Waals surface area contributed by atoms with E-state index >= 15 is 0 Å². The van der Waals surface area contributed by atoms with E-state index in [4.69, 9.17) is 9.47 Å². The SMILES string of the molecule is CNC(=O)c1cccc(NS(=O)(=O)c2ccc3c(c2)OCCCO3)c1. The molecular weight excluding hydrogens is 344 g/mol. The van der Waals surface area contributed by atoms with Gasteiger partial charge in [-0.15, -0.1) is 0 Å². The summed E-state index contributed by atoms with van der Waals surface area (Å²) in [5.74, 6) is 0.633. The van der Waals surface area contributed by atoms with Crippen LogP contribution in [0.25, 0.3) is 0 Å². The van der Waals surface area contributed by atoms with Crippen LogP contribution in [-0.2, 0) is 10.0 Å². The van der Waals surface area contributed by atoms with Gasteiger partial charge in [-0.3, -0.25) is 9.52 Å². The summed E-state index contributed by atoms with van der Waals surface area (Å²) in [4.78, 5) is 11.7. The molecule has 0 saturated carbocycles. The number of amides is 1. The standard InChI is InChI=1S/C17H18N2O5S/c1-18-17(20)12-4-2-5-13(10-12)19-25(21,22)14-6-7-15-16(11-14)24-9-3-8-23-15/h2,4-7,10-11,19H,3,8-9H2,1H3,(H,18,20). The zero-order valence-corrected chi connectivity index (χ0v) is 14.4. The maximum Gasteiger partial charge on any atom is 0.262 e. The Balaban J connectivity index is 1.87. The van der Waals surface area contributed by atoms with Crippen molar-refractivity contribution in [2.24, 2.45) is 0 Å². The van der Waals surface area contributed by atoms with Crippen molar-refractivity contribution in [1.82, 2.24) is 5.32 Å². The van der Waals surface area contributed by atoms with E-state index < -0.39 is 10.0 Å². The number of benzene rings is 2. The monoisotopic (exact) mass is 362 g/mol. The number of carbonyl (C=O) groups is 1. The molecule has 25 heavy (non-hydrogen) atoms. The molecule has 0 bridgehead atoms. The number of hydrogen-bond donors (Lipinski definition) is 2. The third-order valence-corrected chi connectivity index (χ3v) is 5.01. The number of sulfonamides is 1. The van der Waals surface area contributed by atoms with Gasteiger partial charge in [0.1, 0.15) is 0 Å². The van der Waals surface area contributed by atoms with Crippen LogP contribution in [0.4, 0.5) is 5.69 Å². The van der Waals surface area contributed by atoms with Crippen LogP contribution in [0.15, 0.2) is 47.4 Å². The summed E-state index contributed by atoms with van der Waals surface area (Å²) in [6.07, 6.45) is 0.737. The Bertz CT molecular complexity index is 896. The lowest BCUT2D eigenvalue weighted by molar-refractivity contribution is 0.0963. The molecule has 0 unspecified atom stereocenters. The van der Waals surface area contributed by atoms with Gasteiger partial charge in [-0.2, -0.15) is 0 Å². The van der Waals surface area contributed by atoms with Crippen molar-refractivity contribution >= 4 is 21.6 Å². The van der Waals surface area contributed by atoms with E-state index in [1.807, 2.05) is 0 Å². The Labute approximate surface area is 146 Å². The highest BCUT2D eigenvalue weighted by molar-refractivity contribution is 7.92. The molecule has 3 rings (SSSR count). The molecule has 1 heterocycles. The van der Waals surface area contributed by atoms with Gasteiger partial charge < -0.3 is 14.8 Å². The van der Waals surface area contributed by atoms with Crippen molar-refractivity contribution in [2.45, 2.75) is 11.3 Å². The third kappa shape index (κ3) is 3.85. The molecule has 1 aliphatic rings. The molecule has 0 spiro atoms. The molecule has 0 aromatic heterocycles. The Morgan fingerprint density at radius 1 is 1.04 bits per heavy atom. The lowest BCUT2D eigenvalue weighted by Crippen LogP contribution is -2.18. The minimum Gasteiger partial charge on any atom is -0.490 e. The van der Waals surface area contributed by atoms with Crippen LogP contribution in [0.2, 0.25) is 0 Å². The molecule has 2 aromatic carbocycles. The van der Waals surface area contributed by atoms with Gasteiger partial charge in [0.25, 0.3) is 15.9 Å². The number of nitrogens with one attached hydrogen (secondary N) is 2. The summed E-state index contributed by atoms with van der Waals surface area (Å²) >= 11 is 0. The van der Waals surface area contributed by atoms with E-state index in [9.17, 15) is 13.2 Å². The van der Waals surface area contributed by atoms with Crippen LogP contribution in [0.3, 0.4) is 0 Å². The summed E-state index contributed by atoms with van der Waals surface area (Å²) in [5, 5.41) is 2.50. The van der Waals surface area contributed by atoms with Crippen LogP contribution in [0.5, 0.6) is 11.5 Å². The highest BCUT2D eigenvalue weighted by atomic mass is 32.2. The molecule has 1 amide bonds. The van der Waals surface area contributed by atoms with Gasteiger partial charge in [0.05, 0.1) is 18.1 Å². The van der Waals surface area contributed by atoms with Gasteiger partial charge in [-0.25, -0.2) is 8.42 Å². The Kier molecular flexibility index (Phi) is 4.80. The Morgan fingerprint density at radius 2 is 1.80 bits per heavy atom. The van der Waals surface area contributed by atoms with Gasteiger partial charge in [0.15, 0.2) is 11.5 Å². The normalized spacial score (nSPS) is 13.6. The molecule has 0 saturated heterocycles. The Morgan fingerprint density at radius 3 is 2.56 bits per heavy atom. The minimum atomic E-state index is -3.83. The topological polar surface area (TPSA) is 93.7 Å². The van der Waals surface area contributed by atoms with Crippen LogP contribution in [0, 0.1) is 0 Å². The second kappa shape index (κ2) is 7.02. The zero-order chi connectivity index (χ0) is 17.9. The fraction of sp³-hybridized carbons (Fsp3) is 0.235. The molecule has 2 aromatic rings. The first kappa shape index (κ1) is 17.1. The van der Waals surface area contributed by atoms with Gasteiger partial charge in [-0.05, 0) is 30.3 Å². The summed E-state index contributed by atoms with van der Waals surface area (Å²) < 4.78 is 38.7. The highest BCUT2D eigenvalue weighted by Gasteiger charge is 2.19. The van der Waals surface area contributed by atoms with E-state index in [2.05, 4.69) is 10.0 Å². The minimum absolute atomic E-state index is 0.0575. The lowest BCUT2D eigenvalue weighted by Gasteiger charge is -2.12. The molecular formula is C17H18N2O5S. The molecule has 0 aliphatic carbocycles. The van der Waals surface area contributed by atoms with E-state index in [1.165, 1.54) is 25.2 Å². The zero-order valence-electron chi connectivity index (χ0n) is 13.6. The van der Waals surface area contributed by atoms with Gasteiger partial charge in [-0.1, -0.05) is 6.07 Å². The second-order valence-electron chi connectivity index (χ2n) is 5.42. The smallest absolute Gasteiger partial charge is 0.262 e. The quantitative estimate of drug-likeness (QED) is 0.868. The van der Waals surface area contributed by atoms with Crippen molar-refractivity contribution < 1.29 is 22.7 Å². The summed E-state index contributed by atoms with van der Waals surface area (Å²) in [5.41, 5.74) is 0.662. The predicted molar refractivity (Wildman–Crippen MR) is 92.7 cm³/mol. The number of rotatable bonds is 4. The van der Waals surface area contributed by atoms with Crippen molar-refractivity contribution in [1.29, 1.82) is 0 Å². The van der Waals surface area contributed by atoms with E-state index in [0.29, 0.717) is 36.0 Å². The molecule has 0 fully saturated rings. The number of ether oxygens (including phenoxy) is 2. The summed E-state index contributed by atoms with van der Waals surface area (Å²) in [6, 6.07) is 10.7. The number of fused-ring (bicyclic) bond motifs is 1. The summed E-state index contributed by atoms with van der Waals surface area (Å²) in [7, 11) is -2.31. The van der Waals surface area contributed by atoms with Crippen LogP contribution >= 0.6 is 0 Å². The number of hydrogen-bond acceptors (Lipinski definition) is 5. The maximum absolute atomic E-state index is 12.6. The van der Waals surface area contributed by atoms with Crippen molar-refractivity contribution in [3.05, 3.63) is 48.0 Å². The third-order valence-electron chi connectivity index (χ3n) is 3.63. The summed E-state index contributed by atoms with van der Waals surface area (Å²) in [6.45, 7) is 1.00. The average Bonchev–Trinajstić information content (AvgIpc) is 2.85. The molecule has 1 aliphatic heterocycles. The predicted octanol–water partition coefficient (Wildman–Crippen LogP) is 2.01. The van der Waals surface area contributed by atoms with Gasteiger partial charge in [0, 0.05) is 30.8 Å². The highest BCUT2D eigenvalue weighted by Crippen LogP contribution is 2.32. The van der Waals surface area contributed by atoms with Crippen molar-refractivity contribution in [2.75, 3.05) is 25.0 Å². The van der Waals surface area contributed by atoms with Crippen molar-refractivity contribution in [3.63, 3.8) is 0 Å². The van der Waals surface area contributed by atoms with Crippen LogP contribution in [-0.4, -0.2) is 34.6 Å². The van der Waals surface area contributed by atoms with E-state index in [1.54, 1.807) is 24.3 Å². The molecule has 132 valence electrons. The van der Waals surface area contributed by atoms with E-state index in [-0.39, 0.29) is 10.8 Å². The van der Waals surface area contributed by atoms with E-state index in [0.717, 1.165) is 6.42 Å². The van der Waals surface area contributed by atoms with Crippen molar-refractivity contribution in [3.8, 4) is 11.5 Å². The molecule has 8 heteroatoms. The molecule has 0 atom stereocenters. The Hall–Kier alpha value is -2.74. The molecule has 7 nitrogen and oxygen atoms in total. The first-order valence-electron chi connectivity index (χ1n) is 7.74. The molecule has 0 radical (unpaired) electrons. The fourth-order valence-electron chi connectivity index (χ4n) is 2.39. The van der Waals surface area contributed by atoms with Crippen LogP contribution in [0.1, 0.15) is 16.8 Å². The second-order valence-corrected chi connectivity index (χ2v) is 7.11. The fourth-order valence-corrected chi connectivity index (χ4v) is 3.46. The number of carbonyl (C=O) groups excluding carboxylic acids is 1. The lowest BCUT2D eigenvalue weighted by atomic mass is 10.2. The molecule has 2 N–H and O–H groups in total. The number of anilines is 1. The average molecular weight is 362 g/mol.